The summed E-state index contributed by atoms with van der Waals surface area (Å²) < 4.78 is 5.96. The lowest BCUT2D eigenvalue weighted by atomic mass is 9.95. The molecule has 30 heteroatoms. The smallest absolute Gasteiger partial charge is 0.329 e. The first-order chi connectivity index (χ1) is 49.2. The predicted octanol–water partition coefficient (Wildman–Crippen LogP) is 1.84. The molecule has 0 aliphatic carbocycles. The number of nitrogens with two attached hydrogens (primary N) is 1. The number of cyclic esters (lactones) is 1. The van der Waals surface area contributed by atoms with Gasteiger partial charge in [-0.2, -0.15) is 0 Å². The van der Waals surface area contributed by atoms with Crippen LogP contribution in [-0.2, 0) is 78.3 Å². The molecule has 5 unspecified atom stereocenters. The van der Waals surface area contributed by atoms with E-state index < -0.39 is 203 Å². The lowest BCUT2D eigenvalue weighted by Gasteiger charge is -2.33. The summed E-state index contributed by atoms with van der Waals surface area (Å²) in [4.78, 5) is 202. The number of nitrogens with zero attached hydrogens (tertiary/aromatic N) is 1. The molecular formula is C75H124N14O16. The number of ether oxygens (including phenoxy) is 1. The van der Waals surface area contributed by atoms with Gasteiger partial charge in [0.15, 0.2) is 0 Å². The number of carbonyl (C=O) groups excluding carboxylic acids is 14. The number of likely N-dealkylation sites (tertiary alicyclic amines) is 1. The Hall–Kier alpha value is -8.54. The molecule has 3 rings (SSSR count). The third kappa shape index (κ3) is 27.7. The molecule has 105 heavy (non-hydrogen) atoms. The maximum atomic E-state index is 15.0. The molecule has 2 aliphatic heterocycles. The highest BCUT2D eigenvalue weighted by Gasteiger charge is 2.44. The van der Waals surface area contributed by atoms with Crippen LogP contribution < -0.4 is 69.5 Å². The minimum Gasteiger partial charge on any atom is -0.458 e. The van der Waals surface area contributed by atoms with Gasteiger partial charge in [-0.1, -0.05) is 166 Å². The Morgan fingerprint density at radius 1 is 0.610 bits per heavy atom. The van der Waals surface area contributed by atoms with E-state index in [9.17, 15) is 62.6 Å². The number of benzene rings is 1. The van der Waals surface area contributed by atoms with Crippen molar-refractivity contribution in [2.75, 3.05) is 13.1 Å². The first-order valence-corrected chi connectivity index (χ1v) is 37.5. The van der Waals surface area contributed by atoms with Crippen molar-refractivity contribution in [3.05, 3.63) is 47.7 Å². The van der Waals surface area contributed by atoms with Gasteiger partial charge in [0.25, 0.3) is 5.91 Å². The van der Waals surface area contributed by atoms with Crippen LogP contribution in [0.15, 0.2) is 42.1 Å². The number of rotatable bonds is 33. The van der Waals surface area contributed by atoms with Gasteiger partial charge in [-0.3, -0.25) is 62.3 Å². The highest BCUT2D eigenvalue weighted by atomic mass is 16.5. The Bertz CT molecular complexity index is 3160. The second-order valence-corrected chi connectivity index (χ2v) is 30.2. The van der Waals surface area contributed by atoms with E-state index in [2.05, 4.69) is 63.8 Å². The second-order valence-electron chi connectivity index (χ2n) is 30.2. The van der Waals surface area contributed by atoms with Gasteiger partial charge in [-0.25, -0.2) is 4.79 Å². The zero-order valence-corrected chi connectivity index (χ0v) is 65.2. The zero-order chi connectivity index (χ0) is 79.4. The third-order valence-electron chi connectivity index (χ3n) is 19.3. The minimum atomic E-state index is -1.83. The van der Waals surface area contributed by atoms with Crippen LogP contribution in [0.3, 0.4) is 0 Å². The average molecular weight is 1480 g/mol. The van der Waals surface area contributed by atoms with Gasteiger partial charge >= 0.3 is 5.97 Å². The van der Waals surface area contributed by atoms with Gasteiger partial charge < -0.3 is 84.3 Å². The molecular weight excluding hydrogens is 1350 g/mol. The molecule has 0 bridgehead atoms. The fourth-order valence-corrected chi connectivity index (χ4v) is 12.1. The third-order valence-corrected chi connectivity index (χ3v) is 19.3. The summed E-state index contributed by atoms with van der Waals surface area (Å²) in [6, 6.07) is -7.67. The van der Waals surface area contributed by atoms with E-state index in [4.69, 9.17) is 10.5 Å². The fourth-order valence-electron chi connectivity index (χ4n) is 12.1. The van der Waals surface area contributed by atoms with Crippen LogP contribution in [-0.4, -0.2) is 191 Å². The summed E-state index contributed by atoms with van der Waals surface area (Å²) in [6.45, 7) is 31.8. The number of aliphatic hydroxyl groups is 1. The van der Waals surface area contributed by atoms with Crippen LogP contribution in [0.25, 0.3) is 0 Å². The Labute approximate surface area is 620 Å². The normalized spacial score (nSPS) is 22.6. The molecule has 15 N–H and O–H groups in total. The van der Waals surface area contributed by atoms with Crippen molar-refractivity contribution in [1.29, 1.82) is 0 Å². The van der Waals surface area contributed by atoms with Crippen LogP contribution in [0.1, 0.15) is 195 Å². The molecule has 2 aliphatic rings. The van der Waals surface area contributed by atoms with E-state index in [1.165, 1.54) is 31.7 Å². The van der Waals surface area contributed by atoms with E-state index in [0.717, 1.165) is 6.42 Å². The summed E-state index contributed by atoms with van der Waals surface area (Å²) in [5, 5.41) is 43.2. The standard InChI is InChI=1S/C75H124N14O16/c1-20-44(16)59(71(100)88-62-47(19)105-75(104)58(43(14)15)84-63(92)49(22-3)77-65(94)51(37-48-30-24-23-25-31-48)79-67(96)55(40(8)9)81-70(99)60(45(17)21-2)86-73(62)102)85-64(93)50(32-27-35-76)78-66(95)52-33-28-36-89(52)74(103)57(42(12)13)83-69(98)56(41(10)11)82-72(101)61(46(18)90)87-68(97)54(39(6)7)80-53(91)34-26-29-38(4)5/h22-25,30-31,38-47,50-52,54-62,90H,20-21,26-29,32-37,76H2,1-19H3,(H,77,94)(H,78,95)(H,79,96)(H,80,91)(H,81,99)(H,82,101)(H,83,98)(H,84,92)(H,85,93)(H,86,102)(H,87,97)(H,88,100)/t44?,45?,46?,47?,50-,51-,52+,54+,55+,56+,57-,58-,59+,60+,61-,62?/m0/s1. The largest absolute Gasteiger partial charge is 0.458 e. The lowest BCUT2D eigenvalue weighted by Crippen LogP contribution is -2.64. The molecule has 1 aromatic rings. The molecule has 30 nitrogen and oxygen atoms in total. The Kier molecular flexibility index (Phi) is 37.8. The van der Waals surface area contributed by atoms with Crippen LogP contribution in [0, 0.1) is 47.3 Å². The molecule has 0 saturated carbocycles. The number of allylic oxidation sites excluding steroid dienone is 1. The topological polar surface area (TPSA) is 442 Å². The number of hydrogen-bond acceptors (Lipinski definition) is 17. The zero-order valence-electron chi connectivity index (χ0n) is 65.2. The van der Waals surface area contributed by atoms with Crippen molar-refractivity contribution in [3.63, 3.8) is 0 Å². The van der Waals surface area contributed by atoms with Gasteiger partial charge in [0, 0.05) is 19.4 Å². The number of nitrogens with one attached hydrogen (secondary N) is 12. The molecule has 2 fully saturated rings. The second kappa shape index (κ2) is 43.8. The molecule has 2 saturated heterocycles. The van der Waals surface area contributed by atoms with Crippen molar-refractivity contribution < 1.29 is 77.0 Å². The van der Waals surface area contributed by atoms with Crippen molar-refractivity contribution >= 4 is 82.8 Å². The van der Waals surface area contributed by atoms with Crippen molar-refractivity contribution in [2.24, 2.45) is 53.1 Å². The SMILES string of the molecule is CC=C1NC(=O)[C@H](Cc2ccccc2)NC(=O)[C@@H](C(C)C)NC(=O)[C@@H](C(C)CC)NC(=O)C(NC(=O)[C@H](NC(=O)[C@H](CCCN)NC(=O)[C@H]2CCCN2C(=O)[C@@H](NC(=O)[C@H](NC(=O)[C@@H](NC(=O)[C@H](NC(=O)CCCC(C)C)C(C)C)C(C)O)C(C)C)C(C)C)C(C)CC)C(C)OC(=O)[C@H](C(C)C)NC1=O. The Morgan fingerprint density at radius 2 is 1.15 bits per heavy atom. The predicted molar refractivity (Wildman–Crippen MR) is 395 cm³/mol. The molecule has 590 valence electrons. The van der Waals surface area contributed by atoms with Crippen molar-refractivity contribution in [2.45, 2.75) is 280 Å². The quantitative estimate of drug-likeness (QED) is 0.0353. The highest BCUT2D eigenvalue weighted by molar-refractivity contribution is 6.03. The lowest BCUT2D eigenvalue weighted by molar-refractivity contribution is -0.157. The molecule has 2 heterocycles. The first kappa shape index (κ1) is 90.7. The maximum Gasteiger partial charge on any atom is 0.329 e. The van der Waals surface area contributed by atoms with E-state index >= 15 is 9.59 Å². The minimum absolute atomic E-state index is 0.0355. The van der Waals surface area contributed by atoms with Gasteiger partial charge in [-0.15, -0.1) is 0 Å². The number of carbonyl (C=O) groups is 14. The van der Waals surface area contributed by atoms with Crippen LogP contribution in [0.4, 0.5) is 0 Å². The molecule has 1 aromatic carbocycles. The van der Waals surface area contributed by atoms with Gasteiger partial charge in [0.2, 0.25) is 70.9 Å². The van der Waals surface area contributed by atoms with Gasteiger partial charge in [-0.05, 0) is 112 Å². The van der Waals surface area contributed by atoms with E-state index in [1.54, 1.807) is 127 Å². The summed E-state index contributed by atoms with van der Waals surface area (Å²) >= 11 is 0. The van der Waals surface area contributed by atoms with Gasteiger partial charge in [0.1, 0.15) is 84.3 Å². The first-order valence-electron chi connectivity index (χ1n) is 37.5. The molecule has 16 atom stereocenters. The number of esters is 1. The van der Waals surface area contributed by atoms with Crippen LogP contribution in [0.5, 0.6) is 0 Å². The molecule has 13 amide bonds. The number of amides is 13. The summed E-state index contributed by atoms with van der Waals surface area (Å²) in [7, 11) is 0. The molecule has 0 aromatic heterocycles. The molecule has 0 radical (unpaired) electrons. The van der Waals surface area contributed by atoms with E-state index in [0.29, 0.717) is 30.7 Å². The Morgan fingerprint density at radius 3 is 1.69 bits per heavy atom. The van der Waals surface area contributed by atoms with E-state index in [1.807, 2.05) is 13.8 Å². The monoisotopic (exact) mass is 1480 g/mol. The van der Waals surface area contributed by atoms with Gasteiger partial charge in [0.05, 0.1) is 6.10 Å². The van der Waals surface area contributed by atoms with Crippen molar-refractivity contribution in [1.82, 2.24) is 68.7 Å². The van der Waals surface area contributed by atoms with Crippen LogP contribution in [0.2, 0.25) is 0 Å². The summed E-state index contributed by atoms with van der Waals surface area (Å²) in [6.07, 6.45) is 1.02. The van der Waals surface area contributed by atoms with Crippen molar-refractivity contribution in [3.8, 4) is 0 Å². The van der Waals surface area contributed by atoms with E-state index in [-0.39, 0.29) is 63.2 Å². The van der Waals surface area contributed by atoms with Crippen LogP contribution >= 0.6 is 0 Å². The molecule has 0 spiro atoms. The maximum absolute atomic E-state index is 15.0. The summed E-state index contributed by atoms with van der Waals surface area (Å²) in [5.74, 6) is -15.1. The number of aliphatic hydroxyl groups excluding tert-OH is 1. The average Bonchev–Trinajstić information content (AvgIpc) is 1.79. The Balaban J connectivity index is 2.00. The highest BCUT2D eigenvalue weighted by Crippen LogP contribution is 2.23. The summed E-state index contributed by atoms with van der Waals surface area (Å²) in [5.41, 5.74) is 6.34. The fraction of sp³-hybridized carbons (Fsp3) is 0.707. The number of hydrogen-bond donors (Lipinski definition) is 14.